The highest BCUT2D eigenvalue weighted by molar-refractivity contribution is 7.80. The Hall–Kier alpha value is -0.270. The van der Waals surface area contributed by atoms with E-state index in [4.69, 9.17) is 26.8 Å². The zero-order chi connectivity index (χ0) is 20.6. The lowest BCUT2D eigenvalue weighted by Crippen LogP contribution is -2.43. The highest BCUT2D eigenvalue weighted by Crippen LogP contribution is 2.22. The SMILES string of the molecule is CCCCCCCCCCCCCCCC(=S)O[C@H]1[C@@H]([C@@H](O)CO)OC[C@H]1O. The maximum absolute atomic E-state index is 9.93. The molecule has 4 atom stereocenters. The Balaban J connectivity index is 1.96. The second-order valence-electron chi connectivity index (χ2n) is 8.06. The predicted octanol–water partition coefficient (Wildman–Crippen LogP) is 4.29. The normalized spacial score (nSPS) is 23.1. The van der Waals surface area contributed by atoms with Crippen LogP contribution in [0.4, 0.5) is 0 Å². The standard InChI is InChI=1S/C22H42O5S/c1-2-3-4-5-6-7-8-9-10-11-12-13-14-15-20(28)27-22-19(25)17-26-21(22)18(24)16-23/h18-19,21-25H,2-17H2,1H3/t18-,19+,21+,22+/m0/s1. The van der Waals surface area contributed by atoms with Crippen LogP contribution in [0, 0.1) is 0 Å². The van der Waals surface area contributed by atoms with Gasteiger partial charge in [-0.2, -0.15) is 0 Å². The second-order valence-corrected chi connectivity index (χ2v) is 8.52. The van der Waals surface area contributed by atoms with Crippen LogP contribution in [0.5, 0.6) is 0 Å². The van der Waals surface area contributed by atoms with Gasteiger partial charge in [0.15, 0.2) is 11.2 Å². The van der Waals surface area contributed by atoms with Crippen LogP contribution in [0.15, 0.2) is 0 Å². The molecule has 0 aromatic rings. The van der Waals surface area contributed by atoms with Crippen molar-refractivity contribution in [2.24, 2.45) is 0 Å². The van der Waals surface area contributed by atoms with Crippen molar-refractivity contribution in [3.05, 3.63) is 0 Å². The number of aliphatic hydroxyl groups excluding tert-OH is 3. The van der Waals surface area contributed by atoms with Crippen molar-refractivity contribution in [1.29, 1.82) is 0 Å². The van der Waals surface area contributed by atoms with Gasteiger partial charge in [0.05, 0.1) is 13.2 Å². The summed E-state index contributed by atoms with van der Waals surface area (Å²) in [6.07, 6.45) is 14.3. The van der Waals surface area contributed by atoms with Crippen molar-refractivity contribution in [3.63, 3.8) is 0 Å². The molecule has 1 saturated heterocycles. The number of thiocarbonyl (C=S) groups is 1. The maximum Gasteiger partial charge on any atom is 0.160 e. The lowest BCUT2D eigenvalue weighted by molar-refractivity contribution is -0.0642. The summed E-state index contributed by atoms with van der Waals surface area (Å²) < 4.78 is 11.0. The van der Waals surface area contributed by atoms with Crippen molar-refractivity contribution in [2.75, 3.05) is 13.2 Å². The molecule has 0 spiro atoms. The summed E-state index contributed by atoms with van der Waals surface area (Å²) in [5.41, 5.74) is 0. The van der Waals surface area contributed by atoms with Gasteiger partial charge in [0.25, 0.3) is 0 Å². The molecule has 0 amide bonds. The van der Waals surface area contributed by atoms with E-state index in [0.29, 0.717) is 11.5 Å². The van der Waals surface area contributed by atoms with Crippen molar-refractivity contribution in [3.8, 4) is 0 Å². The molecular weight excluding hydrogens is 376 g/mol. The molecule has 1 aliphatic heterocycles. The van der Waals surface area contributed by atoms with E-state index in [-0.39, 0.29) is 6.61 Å². The summed E-state index contributed by atoms with van der Waals surface area (Å²) in [5.74, 6) is 0. The van der Waals surface area contributed by atoms with Crippen molar-refractivity contribution in [2.45, 2.75) is 121 Å². The van der Waals surface area contributed by atoms with Crippen molar-refractivity contribution >= 4 is 17.3 Å². The molecule has 1 aliphatic rings. The van der Waals surface area contributed by atoms with Gasteiger partial charge in [-0.15, -0.1) is 0 Å². The molecule has 0 bridgehead atoms. The number of ether oxygens (including phenoxy) is 2. The third-order valence-corrected chi connectivity index (χ3v) is 5.78. The molecule has 0 unspecified atom stereocenters. The van der Waals surface area contributed by atoms with Crippen LogP contribution < -0.4 is 0 Å². The highest BCUT2D eigenvalue weighted by Gasteiger charge is 2.42. The molecule has 0 aromatic heterocycles. The Bertz CT molecular complexity index is 393. The van der Waals surface area contributed by atoms with E-state index >= 15 is 0 Å². The Morgan fingerprint density at radius 2 is 1.46 bits per heavy atom. The van der Waals surface area contributed by atoms with E-state index in [0.717, 1.165) is 12.8 Å². The van der Waals surface area contributed by atoms with Crippen LogP contribution in [0.2, 0.25) is 0 Å². The molecular formula is C22H42O5S. The van der Waals surface area contributed by atoms with Gasteiger partial charge in [-0.25, -0.2) is 0 Å². The van der Waals surface area contributed by atoms with E-state index in [2.05, 4.69) is 6.92 Å². The van der Waals surface area contributed by atoms with Crippen LogP contribution in [0.1, 0.15) is 96.8 Å². The zero-order valence-electron chi connectivity index (χ0n) is 17.7. The molecule has 0 aromatic carbocycles. The van der Waals surface area contributed by atoms with Crippen LogP contribution in [0.3, 0.4) is 0 Å². The molecule has 0 radical (unpaired) electrons. The van der Waals surface area contributed by atoms with Gasteiger partial charge in [-0.1, -0.05) is 84.0 Å². The Labute approximate surface area is 176 Å². The lowest BCUT2D eigenvalue weighted by Gasteiger charge is -2.24. The van der Waals surface area contributed by atoms with Gasteiger partial charge in [0, 0.05) is 6.42 Å². The van der Waals surface area contributed by atoms with Gasteiger partial charge >= 0.3 is 0 Å². The fourth-order valence-electron chi connectivity index (χ4n) is 3.70. The van der Waals surface area contributed by atoms with E-state index in [1.807, 2.05) is 0 Å². The summed E-state index contributed by atoms with van der Waals surface area (Å²) in [6, 6.07) is 0. The fraction of sp³-hybridized carbons (Fsp3) is 0.955. The smallest absolute Gasteiger partial charge is 0.160 e. The monoisotopic (exact) mass is 418 g/mol. The molecule has 6 heteroatoms. The average Bonchev–Trinajstić information content (AvgIpc) is 3.05. The molecule has 0 aliphatic carbocycles. The van der Waals surface area contributed by atoms with E-state index in [1.54, 1.807) is 0 Å². The van der Waals surface area contributed by atoms with Crippen LogP contribution in [-0.4, -0.2) is 58.0 Å². The Kier molecular flexibility index (Phi) is 15.2. The number of hydrogen-bond donors (Lipinski definition) is 3. The lowest BCUT2D eigenvalue weighted by atomic mass is 10.0. The summed E-state index contributed by atoms with van der Waals surface area (Å²) in [7, 11) is 0. The Morgan fingerprint density at radius 1 is 0.964 bits per heavy atom. The molecule has 1 heterocycles. The Morgan fingerprint density at radius 3 is 1.96 bits per heavy atom. The van der Waals surface area contributed by atoms with Gasteiger partial charge in [0.2, 0.25) is 0 Å². The third kappa shape index (κ3) is 11.1. The summed E-state index contributed by atoms with van der Waals surface area (Å²) in [5, 5.41) is 29.2. The van der Waals surface area contributed by atoms with Gasteiger partial charge < -0.3 is 24.8 Å². The quantitative estimate of drug-likeness (QED) is 0.241. The van der Waals surface area contributed by atoms with Gasteiger partial charge in [0.1, 0.15) is 18.3 Å². The second kappa shape index (κ2) is 16.5. The molecule has 28 heavy (non-hydrogen) atoms. The molecule has 1 fully saturated rings. The average molecular weight is 419 g/mol. The van der Waals surface area contributed by atoms with E-state index in [9.17, 15) is 10.2 Å². The summed E-state index contributed by atoms with van der Waals surface area (Å²) in [6.45, 7) is 1.92. The molecule has 166 valence electrons. The van der Waals surface area contributed by atoms with Crippen molar-refractivity contribution < 1.29 is 24.8 Å². The van der Waals surface area contributed by atoms with E-state index in [1.165, 1.54) is 70.6 Å². The minimum atomic E-state index is -1.07. The molecule has 5 nitrogen and oxygen atoms in total. The zero-order valence-corrected chi connectivity index (χ0v) is 18.5. The van der Waals surface area contributed by atoms with Crippen molar-refractivity contribution in [1.82, 2.24) is 0 Å². The molecule has 3 N–H and O–H groups in total. The molecule has 0 saturated carbocycles. The summed E-state index contributed by atoms with van der Waals surface area (Å²) in [4.78, 5) is 0. The first-order chi connectivity index (χ1) is 13.6. The van der Waals surface area contributed by atoms with Crippen LogP contribution in [0.25, 0.3) is 0 Å². The first-order valence-corrected chi connectivity index (χ1v) is 11.8. The van der Waals surface area contributed by atoms with E-state index < -0.39 is 31.0 Å². The topological polar surface area (TPSA) is 79.2 Å². The predicted molar refractivity (Wildman–Crippen MR) is 117 cm³/mol. The fourth-order valence-corrected chi connectivity index (χ4v) is 3.95. The third-order valence-electron chi connectivity index (χ3n) is 5.48. The van der Waals surface area contributed by atoms with Gasteiger partial charge in [-0.3, -0.25) is 0 Å². The number of aliphatic hydroxyl groups is 3. The minimum absolute atomic E-state index is 0.0910. The summed E-state index contributed by atoms with van der Waals surface area (Å²) >= 11 is 5.27. The highest BCUT2D eigenvalue weighted by atomic mass is 32.1. The van der Waals surface area contributed by atoms with Crippen LogP contribution >= 0.6 is 12.2 Å². The number of rotatable bonds is 17. The minimum Gasteiger partial charge on any atom is -0.478 e. The van der Waals surface area contributed by atoms with Crippen LogP contribution in [-0.2, 0) is 9.47 Å². The maximum atomic E-state index is 9.93. The number of unbranched alkanes of at least 4 members (excludes halogenated alkanes) is 12. The number of hydrogen-bond acceptors (Lipinski definition) is 6. The first kappa shape index (κ1) is 25.8. The largest absolute Gasteiger partial charge is 0.478 e. The van der Waals surface area contributed by atoms with Gasteiger partial charge in [-0.05, 0) is 18.6 Å². The molecule has 1 rings (SSSR count). The first-order valence-electron chi connectivity index (χ1n) is 11.4.